The zero-order valence-electron chi connectivity index (χ0n) is 32.3. The number of benzene rings is 2. The average Bonchev–Trinajstić information content (AvgIpc) is 3.86. The highest BCUT2D eigenvalue weighted by molar-refractivity contribution is 5.96. The van der Waals surface area contributed by atoms with Gasteiger partial charge in [0.1, 0.15) is 18.2 Å². The van der Waals surface area contributed by atoms with Crippen LogP contribution in [0.2, 0.25) is 0 Å². The molecule has 3 heterocycles. The molecule has 2 aliphatic rings. The molecule has 0 aliphatic carbocycles. The molecule has 0 bridgehead atoms. The Labute approximate surface area is 326 Å². The number of hydrogen-bond donors (Lipinski definition) is 1. The van der Waals surface area contributed by atoms with Crippen molar-refractivity contribution in [2.75, 3.05) is 52.5 Å². The number of amides is 4. The predicted molar refractivity (Wildman–Crippen MR) is 201 cm³/mol. The van der Waals surface area contributed by atoms with E-state index in [4.69, 9.17) is 18.9 Å². The number of nitrogens with zero attached hydrogens (tertiary/aromatic N) is 5. The fourth-order valence-corrected chi connectivity index (χ4v) is 6.27. The molecular formula is C40H50N6O10. The van der Waals surface area contributed by atoms with Crippen LogP contribution < -0.4 is 10.1 Å². The van der Waals surface area contributed by atoms with Gasteiger partial charge in [0.25, 0.3) is 11.8 Å². The molecule has 4 amide bonds. The van der Waals surface area contributed by atoms with E-state index >= 15 is 0 Å². The third-order valence-electron chi connectivity index (χ3n) is 9.13. The minimum absolute atomic E-state index is 0.0501. The number of ether oxygens (including phenoxy) is 4. The van der Waals surface area contributed by atoms with Crippen LogP contribution in [0.4, 0.5) is 4.79 Å². The van der Waals surface area contributed by atoms with Crippen LogP contribution in [0.3, 0.4) is 0 Å². The molecule has 0 radical (unpaired) electrons. The van der Waals surface area contributed by atoms with E-state index in [1.807, 2.05) is 36.4 Å². The first-order valence-electron chi connectivity index (χ1n) is 18.8. The van der Waals surface area contributed by atoms with Crippen LogP contribution in [-0.2, 0) is 40.0 Å². The molecule has 56 heavy (non-hydrogen) atoms. The molecule has 1 N–H and O–H groups in total. The van der Waals surface area contributed by atoms with Crippen LogP contribution >= 0.6 is 0 Å². The van der Waals surface area contributed by atoms with Gasteiger partial charge in [0, 0.05) is 51.8 Å². The molecule has 3 aromatic rings. The summed E-state index contributed by atoms with van der Waals surface area (Å²) in [7, 11) is 0. The Morgan fingerprint density at radius 2 is 1.52 bits per heavy atom. The first-order chi connectivity index (χ1) is 26.8. The van der Waals surface area contributed by atoms with Crippen molar-refractivity contribution < 1.29 is 47.7 Å². The van der Waals surface area contributed by atoms with Gasteiger partial charge in [0.15, 0.2) is 12.3 Å². The van der Waals surface area contributed by atoms with Crippen LogP contribution in [0.5, 0.6) is 5.88 Å². The van der Waals surface area contributed by atoms with Gasteiger partial charge >= 0.3 is 18.0 Å². The van der Waals surface area contributed by atoms with Gasteiger partial charge in [0.05, 0.1) is 18.2 Å². The zero-order chi connectivity index (χ0) is 40.2. The van der Waals surface area contributed by atoms with Crippen molar-refractivity contribution in [2.45, 2.75) is 65.2 Å². The number of likely N-dealkylation sites (tertiary alicyclic amines) is 1. The number of esters is 2. The Hall–Kier alpha value is -5.93. The number of piperazine rings is 1. The molecule has 1 unspecified atom stereocenters. The second-order valence-electron chi connectivity index (χ2n) is 14.5. The van der Waals surface area contributed by atoms with Gasteiger partial charge in [-0.15, -0.1) is 0 Å². The summed E-state index contributed by atoms with van der Waals surface area (Å²) in [6.45, 7) is 8.37. The van der Waals surface area contributed by atoms with Crippen LogP contribution in [0.15, 0.2) is 66.7 Å². The zero-order valence-corrected chi connectivity index (χ0v) is 32.3. The molecule has 1 aromatic heterocycles. The van der Waals surface area contributed by atoms with E-state index in [0.29, 0.717) is 18.7 Å². The van der Waals surface area contributed by atoms with Crippen molar-refractivity contribution in [2.24, 2.45) is 5.92 Å². The molecule has 16 nitrogen and oxygen atoms in total. The maximum Gasteiger partial charge on any atom is 0.409 e. The molecule has 2 aliphatic heterocycles. The van der Waals surface area contributed by atoms with Gasteiger partial charge in [-0.3, -0.25) is 24.0 Å². The lowest BCUT2D eigenvalue weighted by Crippen LogP contribution is -2.56. The van der Waals surface area contributed by atoms with Gasteiger partial charge in [-0.05, 0) is 58.2 Å². The molecule has 2 aromatic carbocycles. The average molecular weight is 775 g/mol. The standard InChI is InChI=1S/C40H50N6O10/c1-5-53-39(52)44-22-20-43(21-23-44)37(50)31(16-17-35(48)56-40(2,3)4)41-36(49)32-24-34(46(42-32)30-14-10-7-11-15-30)54-27-33(47)45-19-18-29(25-45)38(51)55-26-28-12-8-6-9-13-28/h6-15,24,29,31H,5,16-23,25-27H2,1-4H3,(H,41,49)/t29?,31-/m0/s1. The molecular weight excluding hydrogens is 724 g/mol. The molecule has 16 heteroatoms. The van der Waals surface area contributed by atoms with Gasteiger partial charge in [-0.2, -0.15) is 5.10 Å². The molecule has 2 fully saturated rings. The first-order valence-corrected chi connectivity index (χ1v) is 18.8. The molecule has 0 saturated carbocycles. The number of carbonyl (C=O) groups excluding carboxylic acids is 6. The van der Waals surface area contributed by atoms with E-state index in [-0.39, 0.29) is 88.8 Å². The number of hydrogen-bond acceptors (Lipinski definition) is 11. The Bertz CT molecular complexity index is 1840. The molecule has 2 atom stereocenters. The highest BCUT2D eigenvalue weighted by Crippen LogP contribution is 2.23. The van der Waals surface area contributed by atoms with E-state index in [1.54, 1.807) is 56.9 Å². The van der Waals surface area contributed by atoms with E-state index in [1.165, 1.54) is 20.5 Å². The minimum atomic E-state index is -1.13. The molecule has 2 saturated heterocycles. The van der Waals surface area contributed by atoms with Gasteiger partial charge in [-0.1, -0.05) is 48.5 Å². The van der Waals surface area contributed by atoms with E-state index in [2.05, 4.69) is 10.4 Å². The molecule has 300 valence electrons. The largest absolute Gasteiger partial charge is 0.467 e. The van der Waals surface area contributed by atoms with E-state index in [0.717, 1.165) is 5.56 Å². The van der Waals surface area contributed by atoms with Crippen LogP contribution in [0.1, 0.15) is 63.0 Å². The number of nitrogens with one attached hydrogen (secondary N) is 1. The number of rotatable bonds is 14. The molecule has 0 spiro atoms. The minimum Gasteiger partial charge on any atom is -0.467 e. The summed E-state index contributed by atoms with van der Waals surface area (Å²) >= 11 is 0. The highest BCUT2D eigenvalue weighted by Gasteiger charge is 2.34. The fraction of sp³-hybridized carbons (Fsp3) is 0.475. The molecule has 5 rings (SSSR count). The second-order valence-corrected chi connectivity index (χ2v) is 14.5. The topological polar surface area (TPSA) is 179 Å². The lowest BCUT2D eigenvalue weighted by molar-refractivity contribution is -0.155. The maximum atomic E-state index is 13.8. The highest BCUT2D eigenvalue weighted by atomic mass is 16.6. The smallest absolute Gasteiger partial charge is 0.409 e. The van der Waals surface area contributed by atoms with Crippen LogP contribution in [-0.4, -0.2) is 124 Å². The first kappa shape index (κ1) is 41.2. The van der Waals surface area contributed by atoms with Crippen molar-refractivity contribution in [3.63, 3.8) is 0 Å². The third-order valence-corrected chi connectivity index (χ3v) is 9.13. The van der Waals surface area contributed by atoms with Crippen molar-refractivity contribution in [1.82, 2.24) is 29.8 Å². The summed E-state index contributed by atoms with van der Waals surface area (Å²) in [5.74, 6) is -2.75. The van der Waals surface area contributed by atoms with E-state index < -0.39 is 41.4 Å². The van der Waals surface area contributed by atoms with Gasteiger partial charge in [-0.25, -0.2) is 9.48 Å². The number of aromatic nitrogens is 2. The van der Waals surface area contributed by atoms with Crippen LogP contribution in [0.25, 0.3) is 5.69 Å². The normalized spacial score (nSPS) is 16.1. The van der Waals surface area contributed by atoms with Crippen molar-refractivity contribution in [1.29, 1.82) is 0 Å². The Morgan fingerprint density at radius 1 is 0.857 bits per heavy atom. The summed E-state index contributed by atoms with van der Waals surface area (Å²) in [4.78, 5) is 83.1. The lowest BCUT2D eigenvalue weighted by Gasteiger charge is -2.36. The number of para-hydroxylation sites is 1. The Kier molecular flexibility index (Phi) is 14.1. The van der Waals surface area contributed by atoms with Crippen molar-refractivity contribution in [3.8, 4) is 11.6 Å². The monoisotopic (exact) mass is 774 g/mol. The lowest BCUT2D eigenvalue weighted by atomic mass is 10.1. The predicted octanol–water partition coefficient (Wildman–Crippen LogP) is 3.36. The summed E-state index contributed by atoms with van der Waals surface area (Å²) < 4.78 is 23.3. The summed E-state index contributed by atoms with van der Waals surface area (Å²) in [5, 5.41) is 7.22. The summed E-state index contributed by atoms with van der Waals surface area (Å²) in [5.41, 5.74) is 0.585. The maximum absolute atomic E-state index is 13.8. The van der Waals surface area contributed by atoms with Gasteiger partial charge in [0.2, 0.25) is 11.8 Å². The van der Waals surface area contributed by atoms with Crippen molar-refractivity contribution in [3.05, 3.63) is 78.0 Å². The van der Waals surface area contributed by atoms with Gasteiger partial charge < -0.3 is 39.0 Å². The second kappa shape index (κ2) is 19.1. The Morgan fingerprint density at radius 3 is 2.18 bits per heavy atom. The Balaban J connectivity index is 1.25. The quantitative estimate of drug-likeness (QED) is 0.188. The summed E-state index contributed by atoms with van der Waals surface area (Å²) in [6, 6.07) is 18.5. The number of carbonyl (C=O) groups is 6. The van der Waals surface area contributed by atoms with Crippen LogP contribution in [0, 0.1) is 5.92 Å². The van der Waals surface area contributed by atoms with Crippen molar-refractivity contribution >= 4 is 35.8 Å². The third kappa shape index (κ3) is 11.5. The van der Waals surface area contributed by atoms with E-state index in [9.17, 15) is 28.8 Å². The summed E-state index contributed by atoms with van der Waals surface area (Å²) in [6.07, 6.45) is -0.202. The SMILES string of the molecule is CCOC(=O)N1CCN(C(=O)[C@H](CCC(=O)OC(C)(C)C)NC(=O)c2cc(OCC(=O)N3CCC(C(=O)OCc4ccccc4)C3)n(-c3ccccc3)n2)CC1. The fourth-order valence-electron chi connectivity index (χ4n) is 6.27.